The molecule has 2 atom stereocenters. The highest BCUT2D eigenvalue weighted by Gasteiger charge is 2.26. The van der Waals surface area contributed by atoms with E-state index in [1.165, 1.54) is 6.42 Å². The van der Waals surface area contributed by atoms with Gasteiger partial charge in [0.25, 0.3) is 0 Å². The Bertz CT molecular complexity index is 209. The first-order valence-electron chi connectivity index (χ1n) is 5.69. The average Bonchev–Trinajstić information content (AvgIpc) is 2.20. The van der Waals surface area contributed by atoms with E-state index in [0.717, 1.165) is 19.5 Å². The number of halogens is 1. The Labute approximate surface area is 96.9 Å². The van der Waals surface area contributed by atoms with E-state index >= 15 is 0 Å². The molecule has 0 saturated carbocycles. The Morgan fingerprint density at radius 3 is 2.93 bits per heavy atom. The van der Waals surface area contributed by atoms with Crippen molar-refractivity contribution < 1.29 is 4.79 Å². The fraction of sp³-hybridized carbons (Fsp3) is 0.909. The van der Waals surface area contributed by atoms with Crippen molar-refractivity contribution >= 4 is 17.5 Å². The Hall–Kier alpha value is -0.280. The van der Waals surface area contributed by atoms with Crippen molar-refractivity contribution in [1.82, 2.24) is 10.6 Å². The Morgan fingerprint density at radius 1 is 1.60 bits per heavy atom. The molecule has 0 bridgehead atoms. The van der Waals surface area contributed by atoms with Gasteiger partial charge < -0.3 is 10.6 Å². The maximum Gasteiger partial charge on any atom is 0.235 e. The number of alkyl halides is 1. The number of hydrogen-bond donors (Lipinski definition) is 2. The SMILES string of the molecule is CC(C)CC1CCNCC1NC(=O)CCl. The summed E-state index contributed by atoms with van der Waals surface area (Å²) in [6.07, 6.45) is 2.32. The quantitative estimate of drug-likeness (QED) is 0.719. The number of carbonyl (C=O) groups excluding carboxylic acids is 1. The van der Waals surface area contributed by atoms with Gasteiger partial charge in [-0.15, -0.1) is 11.6 Å². The molecule has 3 nitrogen and oxygen atoms in total. The molecule has 1 fully saturated rings. The van der Waals surface area contributed by atoms with E-state index in [1.807, 2.05) is 0 Å². The van der Waals surface area contributed by atoms with Crippen LogP contribution in [0, 0.1) is 11.8 Å². The molecule has 2 unspecified atom stereocenters. The van der Waals surface area contributed by atoms with Crippen molar-refractivity contribution in [2.45, 2.75) is 32.7 Å². The predicted octanol–water partition coefficient (Wildman–Crippen LogP) is 1.37. The molecule has 4 heteroatoms. The normalized spacial score (nSPS) is 26.7. The molecule has 2 N–H and O–H groups in total. The van der Waals surface area contributed by atoms with Crippen molar-refractivity contribution in [1.29, 1.82) is 0 Å². The molecule has 0 aromatic carbocycles. The molecular weight excluding hydrogens is 212 g/mol. The van der Waals surface area contributed by atoms with Crippen LogP contribution >= 0.6 is 11.6 Å². The molecule has 0 aliphatic carbocycles. The summed E-state index contributed by atoms with van der Waals surface area (Å²) in [7, 11) is 0. The highest BCUT2D eigenvalue weighted by Crippen LogP contribution is 2.21. The minimum absolute atomic E-state index is 0.0564. The van der Waals surface area contributed by atoms with Crippen LogP contribution in [-0.4, -0.2) is 30.9 Å². The van der Waals surface area contributed by atoms with Crippen LogP contribution in [0.5, 0.6) is 0 Å². The van der Waals surface area contributed by atoms with Gasteiger partial charge in [-0.1, -0.05) is 13.8 Å². The highest BCUT2D eigenvalue weighted by molar-refractivity contribution is 6.27. The molecule has 1 aliphatic rings. The average molecular weight is 233 g/mol. The van der Waals surface area contributed by atoms with E-state index in [4.69, 9.17) is 11.6 Å². The summed E-state index contributed by atoms with van der Waals surface area (Å²) in [4.78, 5) is 11.2. The molecule has 1 amide bonds. The standard InChI is InChI=1S/C11H21ClN2O/c1-8(2)5-9-3-4-13-7-10(9)14-11(15)6-12/h8-10,13H,3-7H2,1-2H3,(H,14,15). The van der Waals surface area contributed by atoms with Gasteiger partial charge in [0, 0.05) is 12.6 Å². The second kappa shape index (κ2) is 6.33. The van der Waals surface area contributed by atoms with E-state index < -0.39 is 0 Å². The van der Waals surface area contributed by atoms with Crippen LogP contribution in [0.4, 0.5) is 0 Å². The van der Waals surface area contributed by atoms with Crippen LogP contribution in [0.15, 0.2) is 0 Å². The summed E-state index contributed by atoms with van der Waals surface area (Å²) >= 11 is 5.49. The first kappa shape index (κ1) is 12.8. The highest BCUT2D eigenvalue weighted by atomic mass is 35.5. The Balaban J connectivity index is 2.45. The second-order valence-electron chi connectivity index (χ2n) is 4.69. The van der Waals surface area contributed by atoms with Gasteiger partial charge in [0.15, 0.2) is 0 Å². The molecule has 88 valence electrons. The van der Waals surface area contributed by atoms with Gasteiger partial charge in [0.1, 0.15) is 5.88 Å². The molecule has 1 aliphatic heterocycles. The third-order valence-electron chi connectivity index (χ3n) is 2.87. The molecule has 1 heterocycles. The van der Waals surface area contributed by atoms with Crippen molar-refractivity contribution in [2.24, 2.45) is 11.8 Å². The summed E-state index contributed by atoms with van der Waals surface area (Å²) in [5.41, 5.74) is 0. The molecular formula is C11H21ClN2O. The Kier molecular flexibility index (Phi) is 5.40. The monoisotopic (exact) mass is 232 g/mol. The Morgan fingerprint density at radius 2 is 2.33 bits per heavy atom. The number of nitrogens with one attached hydrogen (secondary N) is 2. The summed E-state index contributed by atoms with van der Waals surface area (Å²) in [5, 5.41) is 6.30. The first-order valence-corrected chi connectivity index (χ1v) is 6.23. The minimum atomic E-state index is -0.0564. The van der Waals surface area contributed by atoms with Crippen LogP contribution in [0.2, 0.25) is 0 Å². The predicted molar refractivity (Wildman–Crippen MR) is 63.1 cm³/mol. The second-order valence-corrected chi connectivity index (χ2v) is 4.96. The third kappa shape index (κ3) is 4.39. The van der Waals surface area contributed by atoms with Crippen molar-refractivity contribution in [2.75, 3.05) is 19.0 Å². The number of hydrogen-bond acceptors (Lipinski definition) is 2. The lowest BCUT2D eigenvalue weighted by molar-refractivity contribution is -0.119. The number of piperidine rings is 1. The van der Waals surface area contributed by atoms with Gasteiger partial charge in [0.2, 0.25) is 5.91 Å². The number of carbonyl (C=O) groups is 1. The topological polar surface area (TPSA) is 41.1 Å². The van der Waals surface area contributed by atoms with Crippen LogP contribution in [0.25, 0.3) is 0 Å². The van der Waals surface area contributed by atoms with E-state index in [2.05, 4.69) is 24.5 Å². The molecule has 1 saturated heterocycles. The number of amides is 1. The largest absolute Gasteiger partial charge is 0.351 e. The molecule has 0 aromatic rings. The smallest absolute Gasteiger partial charge is 0.235 e. The summed E-state index contributed by atoms with van der Waals surface area (Å²) < 4.78 is 0. The summed E-state index contributed by atoms with van der Waals surface area (Å²) in [5.74, 6) is 1.28. The van der Waals surface area contributed by atoms with Crippen LogP contribution < -0.4 is 10.6 Å². The summed E-state index contributed by atoms with van der Waals surface area (Å²) in [6, 6.07) is 0.257. The van der Waals surface area contributed by atoms with Gasteiger partial charge in [-0.25, -0.2) is 0 Å². The zero-order valence-corrected chi connectivity index (χ0v) is 10.3. The van der Waals surface area contributed by atoms with Gasteiger partial charge in [-0.05, 0) is 31.2 Å². The van der Waals surface area contributed by atoms with Gasteiger partial charge >= 0.3 is 0 Å². The molecule has 1 rings (SSSR count). The third-order valence-corrected chi connectivity index (χ3v) is 3.11. The van der Waals surface area contributed by atoms with E-state index in [9.17, 15) is 4.79 Å². The van der Waals surface area contributed by atoms with Crippen LogP contribution in [0.1, 0.15) is 26.7 Å². The first-order chi connectivity index (χ1) is 7.13. The van der Waals surface area contributed by atoms with Crippen molar-refractivity contribution in [3.8, 4) is 0 Å². The van der Waals surface area contributed by atoms with E-state index in [1.54, 1.807) is 0 Å². The number of rotatable bonds is 4. The maximum absolute atomic E-state index is 11.2. The minimum Gasteiger partial charge on any atom is -0.351 e. The van der Waals surface area contributed by atoms with Crippen LogP contribution in [-0.2, 0) is 4.79 Å². The zero-order valence-electron chi connectivity index (χ0n) is 9.55. The van der Waals surface area contributed by atoms with Crippen molar-refractivity contribution in [3.63, 3.8) is 0 Å². The lowest BCUT2D eigenvalue weighted by Crippen LogP contribution is -2.51. The molecule has 15 heavy (non-hydrogen) atoms. The fourth-order valence-electron chi connectivity index (χ4n) is 2.21. The van der Waals surface area contributed by atoms with E-state index in [-0.39, 0.29) is 17.8 Å². The van der Waals surface area contributed by atoms with E-state index in [0.29, 0.717) is 11.8 Å². The summed E-state index contributed by atoms with van der Waals surface area (Å²) in [6.45, 7) is 6.38. The van der Waals surface area contributed by atoms with Crippen LogP contribution in [0.3, 0.4) is 0 Å². The molecule has 0 radical (unpaired) electrons. The van der Waals surface area contributed by atoms with Crippen molar-refractivity contribution in [3.05, 3.63) is 0 Å². The molecule has 0 aromatic heterocycles. The fourth-order valence-corrected chi connectivity index (χ4v) is 2.29. The van der Waals surface area contributed by atoms with Gasteiger partial charge in [-0.3, -0.25) is 4.79 Å². The van der Waals surface area contributed by atoms with Gasteiger partial charge in [0.05, 0.1) is 0 Å². The van der Waals surface area contributed by atoms with Gasteiger partial charge in [-0.2, -0.15) is 0 Å². The zero-order chi connectivity index (χ0) is 11.3. The molecule has 0 spiro atoms. The lowest BCUT2D eigenvalue weighted by Gasteiger charge is -2.33. The lowest BCUT2D eigenvalue weighted by atomic mass is 9.85. The maximum atomic E-state index is 11.2.